The number of imidazole rings is 1. The highest BCUT2D eigenvalue weighted by Gasteiger charge is 2.23. The first-order valence-corrected chi connectivity index (χ1v) is 8.85. The van der Waals surface area contributed by atoms with Crippen molar-refractivity contribution in [1.82, 2.24) is 14.5 Å². The van der Waals surface area contributed by atoms with Gasteiger partial charge in [0.05, 0.1) is 16.6 Å². The molecule has 0 unspecified atom stereocenters. The predicted octanol–water partition coefficient (Wildman–Crippen LogP) is 2.86. The van der Waals surface area contributed by atoms with Crippen LogP contribution in [0.4, 0.5) is 0 Å². The van der Waals surface area contributed by atoms with E-state index in [0.717, 1.165) is 38.0 Å². The Morgan fingerprint density at radius 2 is 1.85 bits per heavy atom. The minimum Gasteiger partial charge on any atom is -0.478 e. The SMILES string of the molecule is O=C(O)c1ccc2c(c1)[nH]c(=O)n2C1CCN(Cc2ccccc2)CC1. The molecule has 134 valence electrons. The van der Waals surface area contributed by atoms with Crippen molar-refractivity contribution in [1.29, 1.82) is 0 Å². The molecule has 0 atom stereocenters. The van der Waals surface area contributed by atoms with Gasteiger partial charge < -0.3 is 10.1 Å². The van der Waals surface area contributed by atoms with E-state index in [1.807, 2.05) is 6.07 Å². The van der Waals surface area contributed by atoms with Gasteiger partial charge in [0.1, 0.15) is 0 Å². The average molecular weight is 351 g/mol. The van der Waals surface area contributed by atoms with Crippen molar-refractivity contribution in [2.45, 2.75) is 25.4 Å². The molecule has 6 nitrogen and oxygen atoms in total. The van der Waals surface area contributed by atoms with Crippen molar-refractivity contribution >= 4 is 17.0 Å². The number of aromatic amines is 1. The lowest BCUT2D eigenvalue weighted by atomic mass is 10.0. The molecule has 0 bridgehead atoms. The maximum absolute atomic E-state index is 12.4. The monoisotopic (exact) mass is 351 g/mol. The van der Waals surface area contributed by atoms with E-state index < -0.39 is 5.97 Å². The molecule has 1 aliphatic heterocycles. The van der Waals surface area contributed by atoms with E-state index >= 15 is 0 Å². The summed E-state index contributed by atoms with van der Waals surface area (Å²) in [5.74, 6) is -0.991. The number of aromatic nitrogens is 2. The first-order valence-electron chi connectivity index (χ1n) is 8.85. The molecule has 1 saturated heterocycles. The molecule has 0 spiro atoms. The third-order valence-electron chi connectivity index (χ3n) is 5.13. The molecular weight excluding hydrogens is 330 g/mol. The Kier molecular flexibility index (Phi) is 4.34. The van der Waals surface area contributed by atoms with E-state index in [0.29, 0.717) is 5.52 Å². The molecule has 3 aromatic rings. The normalized spacial score (nSPS) is 16.2. The molecule has 26 heavy (non-hydrogen) atoms. The average Bonchev–Trinajstić information content (AvgIpc) is 2.98. The zero-order chi connectivity index (χ0) is 18.1. The van der Waals surface area contributed by atoms with E-state index in [9.17, 15) is 9.59 Å². The fraction of sp³-hybridized carbons (Fsp3) is 0.300. The van der Waals surface area contributed by atoms with Gasteiger partial charge in [-0.1, -0.05) is 30.3 Å². The summed E-state index contributed by atoms with van der Waals surface area (Å²) in [6, 6.07) is 15.4. The summed E-state index contributed by atoms with van der Waals surface area (Å²) in [5.41, 5.74) is 2.69. The third kappa shape index (κ3) is 3.15. The molecule has 2 heterocycles. The number of H-pyrrole nitrogens is 1. The molecule has 4 rings (SSSR count). The predicted molar refractivity (Wildman–Crippen MR) is 99.5 cm³/mol. The molecule has 1 aromatic heterocycles. The fourth-order valence-electron chi connectivity index (χ4n) is 3.80. The summed E-state index contributed by atoms with van der Waals surface area (Å²) in [6.45, 7) is 2.80. The number of hydrogen-bond acceptors (Lipinski definition) is 3. The Bertz CT molecular complexity index is 982. The van der Waals surface area contributed by atoms with Gasteiger partial charge in [-0.3, -0.25) is 9.47 Å². The van der Waals surface area contributed by atoms with Crippen molar-refractivity contribution in [3.63, 3.8) is 0 Å². The lowest BCUT2D eigenvalue weighted by molar-refractivity contribution is 0.0697. The van der Waals surface area contributed by atoms with Crippen LogP contribution in [-0.4, -0.2) is 38.6 Å². The van der Waals surface area contributed by atoms with E-state index in [1.165, 1.54) is 11.6 Å². The number of rotatable bonds is 4. The lowest BCUT2D eigenvalue weighted by Gasteiger charge is -2.32. The van der Waals surface area contributed by atoms with Gasteiger partial charge in [-0.05, 0) is 36.6 Å². The summed E-state index contributed by atoms with van der Waals surface area (Å²) >= 11 is 0. The van der Waals surface area contributed by atoms with Crippen LogP contribution < -0.4 is 5.69 Å². The Morgan fingerprint density at radius 1 is 1.12 bits per heavy atom. The third-order valence-corrected chi connectivity index (χ3v) is 5.13. The molecule has 6 heteroatoms. The summed E-state index contributed by atoms with van der Waals surface area (Å²) in [4.78, 5) is 28.8. The quantitative estimate of drug-likeness (QED) is 0.758. The van der Waals surface area contributed by atoms with Gasteiger partial charge in [0.25, 0.3) is 0 Å². The van der Waals surface area contributed by atoms with Gasteiger partial charge in [-0.2, -0.15) is 0 Å². The number of benzene rings is 2. The minimum absolute atomic E-state index is 0.138. The largest absolute Gasteiger partial charge is 0.478 e. The summed E-state index contributed by atoms with van der Waals surface area (Å²) in [5, 5.41) is 9.12. The Morgan fingerprint density at radius 3 is 2.54 bits per heavy atom. The van der Waals surface area contributed by atoms with E-state index in [-0.39, 0.29) is 17.3 Å². The second-order valence-corrected chi connectivity index (χ2v) is 6.83. The fourth-order valence-corrected chi connectivity index (χ4v) is 3.80. The van der Waals surface area contributed by atoms with Crippen LogP contribution in [-0.2, 0) is 6.54 Å². The molecule has 0 aliphatic carbocycles. The highest BCUT2D eigenvalue weighted by Crippen LogP contribution is 2.26. The maximum Gasteiger partial charge on any atom is 0.335 e. The summed E-state index contributed by atoms with van der Waals surface area (Å²) in [7, 11) is 0. The summed E-state index contributed by atoms with van der Waals surface area (Å²) < 4.78 is 1.79. The molecule has 1 aliphatic rings. The number of carboxylic acids is 1. The number of carboxylic acid groups (broad SMARTS) is 1. The van der Waals surface area contributed by atoms with Gasteiger partial charge >= 0.3 is 11.7 Å². The maximum atomic E-state index is 12.4. The van der Waals surface area contributed by atoms with Gasteiger partial charge in [-0.25, -0.2) is 9.59 Å². The first kappa shape index (κ1) is 16.6. The number of fused-ring (bicyclic) bond motifs is 1. The summed E-state index contributed by atoms with van der Waals surface area (Å²) in [6.07, 6.45) is 1.81. The topological polar surface area (TPSA) is 78.3 Å². The molecule has 2 N–H and O–H groups in total. The number of piperidine rings is 1. The highest BCUT2D eigenvalue weighted by atomic mass is 16.4. The van der Waals surface area contributed by atoms with Gasteiger partial charge in [0.2, 0.25) is 0 Å². The van der Waals surface area contributed by atoms with Crippen molar-refractivity contribution in [2.75, 3.05) is 13.1 Å². The lowest BCUT2D eigenvalue weighted by Crippen LogP contribution is -2.36. The van der Waals surface area contributed by atoms with Crippen molar-refractivity contribution < 1.29 is 9.90 Å². The number of carbonyl (C=O) groups is 1. The second-order valence-electron chi connectivity index (χ2n) is 6.83. The van der Waals surface area contributed by atoms with Crippen LogP contribution >= 0.6 is 0 Å². The van der Waals surface area contributed by atoms with Crippen molar-refractivity contribution in [3.8, 4) is 0 Å². The standard InChI is InChI=1S/C20H21N3O3/c24-19(25)15-6-7-18-17(12-15)21-20(26)23(18)16-8-10-22(11-9-16)13-14-4-2-1-3-5-14/h1-7,12,16H,8-11,13H2,(H,21,26)(H,24,25). The number of nitrogens with zero attached hydrogens (tertiary/aromatic N) is 2. The second kappa shape index (κ2) is 6.80. The van der Waals surface area contributed by atoms with E-state index in [2.05, 4.69) is 34.1 Å². The number of aromatic carboxylic acids is 1. The first-order chi connectivity index (χ1) is 12.6. The van der Waals surface area contributed by atoms with Crippen LogP contribution in [0.3, 0.4) is 0 Å². The van der Waals surface area contributed by atoms with Crippen LogP contribution in [0.5, 0.6) is 0 Å². The molecule has 0 saturated carbocycles. The van der Waals surface area contributed by atoms with Crippen LogP contribution in [0, 0.1) is 0 Å². The molecule has 0 amide bonds. The van der Waals surface area contributed by atoms with Crippen LogP contribution in [0.15, 0.2) is 53.3 Å². The molecular formula is C20H21N3O3. The van der Waals surface area contributed by atoms with Gasteiger partial charge in [0.15, 0.2) is 0 Å². The van der Waals surface area contributed by atoms with Gasteiger partial charge in [-0.15, -0.1) is 0 Å². The zero-order valence-corrected chi connectivity index (χ0v) is 14.4. The van der Waals surface area contributed by atoms with E-state index in [4.69, 9.17) is 5.11 Å². The minimum atomic E-state index is -0.991. The number of likely N-dealkylation sites (tertiary alicyclic amines) is 1. The Labute approximate surface area is 150 Å². The highest BCUT2D eigenvalue weighted by molar-refractivity contribution is 5.92. The van der Waals surface area contributed by atoms with Crippen LogP contribution in [0.25, 0.3) is 11.0 Å². The number of hydrogen-bond donors (Lipinski definition) is 2. The van der Waals surface area contributed by atoms with Crippen molar-refractivity contribution in [3.05, 3.63) is 70.1 Å². The van der Waals surface area contributed by atoms with Gasteiger partial charge in [0, 0.05) is 25.7 Å². The zero-order valence-electron chi connectivity index (χ0n) is 14.4. The molecule has 1 fully saturated rings. The van der Waals surface area contributed by atoms with Crippen molar-refractivity contribution in [2.24, 2.45) is 0 Å². The number of nitrogens with one attached hydrogen (secondary N) is 1. The Hall–Kier alpha value is -2.86. The van der Waals surface area contributed by atoms with E-state index in [1.54, 1.807) is 16.7 Å². The smallest absolute Gasteiger partial charge is 0.335 e. The van der Waals surface area contributed by atoms with Crippen LogP contribution in [0.2, 0.25) is 0 Å². The molecule has 0 radical (unpaired) electrons. The molecule has 2 aromatic carbocycles. The Balaban J connectivity index is 1.51. The van der Waals surface area contributed by atoms with Crippen LogP contribution in [0.1, 0.15) is 34.8 Å².